The Labute approximate surface area is 123 Å². The Morgan fingerprint density at radius 1 is 1.05 bits per heavy atom. The van der Waals surface area contributed by atoms with Gasteiger partial charge in [0.15, 0.2) is 0 Å². The molecule has 0 unspecified atom stereocenters. The van der Waals surface area contributed by atoms with E-state index in [1.54, 1.807) is 12.1 Å². The number of ether oxygens (including phenoxy) is 1. The summed E-state index contributed by atoms with van der Waals surface area (Å²) in [6.07, 6.45) is 0. The number of nitrogens with one attached hydrogen (secondary N) is 1. The summed E-state index contributed by atoms with van der Waals surface area (Å²) in [7, 11) is 0. The lowest BCUT2D eigenvalue weighted by Crippen LogP contribution is -2.09. The van der Waals surface area contributed by atoms with Gasteiger partial charge in [0.1, 0.15) is 11.4 Å². The van der Waals surface area contributed by atoms with Crippen LogP contribution in [0.3, 0.4) is 0 Å². The van der Waals surface area contributed by atoms with Crippen LogP contribution in [-0.4, -0.2) is 11.0 Å². The number of aromatic amines is 1. The highest BCUT2D eigenvalue weighted by atomic mass is 127. The quantitative estimate of drug-likeness (QED) is 0.425. The first-order valence-corrected chi connectivity index (χ1v) is 6.86. The van der Waals surface area contributed by atoms with E-state index < -0.39 is 0 Å². The van der Waals surface area contributed by atoms with Crippen molar-refractivity contribution in [3.05, 3.63) is 63.9 Å². The molecule has 94 valence electrons. The molecule has 0 bridgehead atoms. The molecule has 1 N–H and O–H groups in total. The summed E-state index contributed by atoms with van der Waals surface area (Å²) >= 11 is 2.14. The van der Waals surface area contributed by atoms with E-state index in [-0.39, 0.29) is 5.97 Å². The minimum Gasteiger partial charge on any atom is -0.421 e. The van der Waals surface area contributed by atoms with Crippen molar-refractivity contribution < 1.29 is 9.53 Å². The molecule has 0 fully saturated rings. The molecule has 3 rings (SSSR count). The van der Waals surface area contributed by atoms with Gasteiger partial charge in [0.25, 0.3) is 0 Å². The first-order valence-electron chi connectivity index (χ1n) is 5.78. The topological polar surface area (TPSA) is 42.1 Å². The molecule has 1 aromatic heterocycles. The number of aromatic nitrogens is 1. The molecule has 4 heteroatoms. The van der Waals surface area contributed by atoms with Gasteiger partial charge >= 0.3 is 5.97 Å². The lowest BCUT2D eigenvalue weighted by atomic mass is 10.2. The third-order valence-corrected chi connectivity index (χ3v) is 3.68. The predicted molar refractivity (Wildman–Crippen MR) is 82.4 cm³/mol. The largest absolute Gasteiger partial charge is 0.421 e. The molecule has 0 saturated heterocycles. The van der Waals surface area contributed by atoms with Crippen molar-refractivity contribution in [3.8, 4) is 5.75 Å². The fourth-order valence-corrected chi connectivity index (χ4v) is 2.36. The van der Waals surface area contributed by atoms with E-state index in [1.807, 2.05) is 42.5 Å². The molecule has 2 aromatic carbocycles. The van der Waals surface area contributed by atoms with Crippen molar-refractivity contribution in [1.29, 1.82) is 0 Å². The Kier molecular flexibility index (Phi) is 3.25. The smallest absolute Gasteiger partial charge is 0.360 e. The molecule has 0 spiro atoms. The molecule has 0 amide bonds. The van der Waals surface area contributed by atoms with Crippen LogP contribution in [0, 0.1) is 3.57 Å². The number of halogens is 1. The van der Waals surface area contributed by atoms with Crippen molar-refractivity contribution in [2.45, 2.75) is 0 Å². The summed E-state index contributed by atoms with van der Waals surface area (Å²) in [5.74, 6) is 0.201. The predicted octanol–water partition coefficient (Wildman–Crippen LogP) is 3.99. The zero-order chi connectivity index (χ0) is 13.2. The van der Waals surface area contributed by atoms with Crippen molar-refractivity contribution >= 4 is 39.5 Å². The summed E-state index contributed by atoms with van der Waals surface area (Å²) in [5, 5.41) is 0.997. The van der Waals surface area contributed by atoms with E-state index in [0.717, 1.165) is 14.5 Å². The molecule has 0 atom stereocenters. The maximum Gasteiger partial charge on any atom is 0.360 e. The van der Waals surface area contributed by atoms with Gasteiger partial charge in [0.2, 0.25) is 0 Å². The normalized spacial score (nSPS) is 10.6. The summed E-state index contributed by atoms with van der Waals surface area (Å²) in [6.45, 7) is 0. The molecule has 1 heterocycles. The number of hydrogen-bond donors (Lipinski definition) is 1. The van der Waals surface area contributed by atoms with Crippen LogP contribution in [0.1, 0.15) is 10.5 Å². The monoisotopic (exact) mass is 363 g/mol. The van der Waals surface area contributed by atoms with E-state index >= 15 is 0 Å². The van der Waals surface area contributed by atoms with E-state index in [1.165, 1.54) is 0 Å². The fourth-order valence-electron chi connectivity index (χ4n) is 1.87. The number of para-hydroxylation sites is 2. The van der Waals surface area contributed by atoms with E-state index in [4.69, 9.17) is 4.74 Å². The van der Waals surface area contributed by atoms with Crippen LogP contribution in [0.2, 0.25) is 0 Å². The Morgan fingerprint density at radius 3 is 2.58 bits per heavy atom. The van der Waals surface area contributed by atoms with E-state index in [2.05, 4.69) is 27.6 Å². The Hall–Kier alpha value is -1.82. The highest BCUT2D eigenvalue weighted by Gasteiger charge is 2.13. The zero-order valence-electron chi connectivity index (χ0n) is 9.89. The second kappa shape index (κ2) is 5.05. The minimum absolute atomic E-state index is 0.375. The van der Waals surface area contributed by atoms with Crippen LogP contribution in [-0.2, 0) is 0 Å². The number of rotatable bonds is 2. The Morgan fingerprint density at radius 2 is 1.79 bits per heavy atom. The van der Waals surface area contributed by atoms with E-state index in [0.29, 0.717) is 11.4 Å². The van der Waals surface area contributed by atoms with Crippen LogP contribution >= 0.6 is 22.6 Å². The van der Waals surface area contributed by atoms with Gasteiger partial charge < -0.3 is 9.72 Å². The van der Waals surface area contributed by atoms with Gasteiger partial charge in [-0.3, -0.25) is 0 Å². The maximum absolute atomic E-state index is 12.1. The number of benzene rings is 2. The highest BCUT2D eigenvalue weighted by Crippen LogP contribution is 2.22. The standard InChI is InChI=1S/C15H10INO2/c16-11-6-2-4-8-14(11)19-15(18)13-9-10-5-1-3-7-12(10)17-13/h1-9,17H. The average molecular weight is 363 g/mol. The van der Waals surface area contributed by atoms with Gasteiger partial charge in [0.05, 0.1) is 3.57 Å². The summed E-state index contributed by atoms with van der Waals surface area (Å²) in [5.41, 5.74) is 1.39. The Balaban J connectivity index is 1.90. The maximum atomic E-state index is 12.1. The van der Waals surface area contributed by atoms with Gasteiger partial charge in [-0.15, -0.1) is 0 Å². The molecule has 3 nitrogen and oxygen atoms in total. The zero-order valence-corrected chi connectivity index (χ0v) is 12.0. The SMILES string of the molecule is O=C(Oc1ccccc1I)c1cc2ccccc2[nH]1. The van der Waals surface area contributed by atoms with Gasteiger partial charge in [0, 0.05) is 10.9 Å². The van der Waals surface area contributed by atoms with Gasteiger partial charge in [-0.25, -0.2) is 4.79 Å². The van der Waals surface area contributed by atoms with Crippen LogP contribution in [0.25, 0.3) is 10.9 Å². The lowest BCUT2D eigenvalue weighted by molar-refractivity contribution is 0.0728. The first-order chi connectivity index (χ1) is 9.24. The molecule has 0 radical (unpaired) electrons. The first kappa shape index (κ1) is 12.2. The molecule has 0 aliphatic carbocycles. The number of fused-ring (bicyclic) bond motifs is 1. The highest BCUT2D eigenvalue weighted by molar-refractivity contribution is 14.1. The van der Waals surface area contributed by atoms with Crippen LogP contribution in [0.5, 0.6) is 5.75 Å². The number of H-pyrrole nitrogens is 1. The summed E-state index contributed by atoms with van der Waals surface area (Å²) in [4.78, 5) is 15.1. The summed E-state index contributed by atoms with van der Waals surface area (Å²) in [6, 6.07) is 17.0. The number of carbonyl (C=O) groups excluding carboxylic acids is 1. The van der Waals surface area contributed by atoms with Gasteiger partial charge in [-0.1, -0.05) is 30.3 Å². The van der Waals surface area contributed by atoms with Crippen LogP contribution < -0.4 is 4.74 Å². The van der Waals surface area contributed by atoms with Gasteiger partial charge in [-0.05, 0) is 46.9 Å². The number of esters is 1. The van der Waals surface area contributed by atoms with Gasteiger partial charge in [-0.2, -0.15) is 0 Å². The minimum atomic E-state index is -0.375. The van der Waals surface area contributed by atoms with Crippen LogP contribution in [0.4, 0.5) is 0 Å². The molecule has 0 saturated carbocycles. The second-order valence-corrected chi connectivity index (χ2v) is 5.25. The van der Waals surface area contributed by atoms with Crippen molar-refractivity contribution in [2.75, 3.05) is 0 Å². The third kappa shape index (κ3) is 2.49. The number of hydrogen-bond acceptors (Lipinski definition) is 2. The lowest BCUT2D eigenvalue weighted by Gasteiger charge is -2.04. The summed E-state index contributed by atoms with van der Waals surface area (Å²) < 4.78 is 6.29. The van der Waals surface area contributed by atoms with Crippen molar-refractivity contribution in [2.24, 2.45) is 0 Å². The van der Waals surface area contributed by atoms with Crippen molar-refractivity contribution in [1.82, 2.24) is 4.98 Å². The molecule has 0 aliphatic heterocycles. The molecule has 19 heavy (non-hydrogen) atoms. The molecule has 3 aromatic rings. The van der Waals surface area contributed by atoms with E-state index in [9.17, 15) is 4.79 Å². The van der Waals surface area contributed by atoms with Crippen molar-refractivity contribution in [3.63, 3.8) is 0 Å². The molecular weight excluding hydrogens is 353 g/mol. The third-order valence-electron chi connectivity index (χ3n) is 2.79. The fraction of sp³-hybridized carbons (Fsp3) is 0. The molecular formula is C15H10INO2. The molecule has 0 aliphatic rings. The average Bonchev–Trinajstić information content (AvgIpc) is 2.85. The Bertz CT molecular complexity index is 715. The van der Waals surface area contributed by atoms with Crippen LogP contribution in [0.15, 0.2) is 54.6 Å². The number of carbonyl (C=O) groups is 1. The second-order valence-electron chi connectivity index (χ2n) is 4.09.